The van der Waals surface area contributed by atoms with Gasteiger partial charge in [0.25, 0.3) is 0 Å². The van der Waals surface area contributed by atoms with Gasteiger partial charge >= 0.3 is 0 Å². The van der Waals surface area contributed by atoms with Crippen LogP contribution in [0.1, 0.15) is 13.8 Å². The normalized spacial score (nSPS) is 10.2. The fourth-order valence-corrected chi connectivity index (χ4v) is 2.53. The van der Waals surface area contributed by atoms with Crippen molar-refractivity contribution in [3.63, 3.8) is 0 Å². The number of rotatable bonds is 2. The van der Waals surface area contributed by atoms with Crippen molar-refractivity contribution < 1.29 is 0 Å². The molecule has 3 heteroatoms. The third kappa shape index (κ3) is 2.99. The topological polar surface area (TPSA) is 41.6 Å². The lowest BCUT2D eigenvalue weighted by Crippen LogP contribution is -1.83. The molecule has 0 aliphatic rings. The number of fused-ring (bicyclic) bond motifs is 1. The van der Waals surface area contributed by atoms with Gasteiger partial charge in [-0.2, -0.15) is 5.10 Å². The molecule has 1 heterocycles. The number of nitrogens with one attached hydrogen (secondary N) is 1. The third-order valence-electron chi connectivity index (χ3n) is 3.56. The molecule has 4 aromatic rings. The lowest BCUT2D eigenvalue weighted by atomic mass is 10.0. The molecule has 0 aliphatic heterocycles. The number of aromatic amines is 1. The Morgan fingerprint density at radius 2 is 1.43 bits per heavy atom. The van der Waals surface area contributed by atoms with Gasteiger partial charge < -0.3 is 0 Å². The summed E-state index contributed by atoms with van der Waals surface area (Å²) in [6.07, 6.45) is 0. The molecule has 0 aliphatic carbocycles. The molecule has 4 rings (SSSR count). The third-order valence-corrected chi connectivity index (χ3v) is 3.56. The molecule has 1 N–H and O–H groups in total. The van der Waals surface area contributed by atoms with E-state index in [1.807, 2.05) is 62.4 Å². The molecule has 0 spiro atoms. The van der Waals surface area contributed by atoms with Crippen molar-refractivity contribution in [1.82, 2.24) is 15.2 Å². The molecule has 0 amide bonds. The first-order valence-electron chi connectivity index (χ1n) is 7.88. The molecule has 0 fully saturated rings. The summed E-state index contributed by atoms with van der Waals surface area (Å²) in [5, 5.41) is 9.76. The highest BCUT2D eigenvalue weighted by Crippen LogP contribution is 2.27. The fraction of sp³-hybridized carbons (Fsp3) is 0.100. The average molecular weight is 301 g/mol. The summed E-state index contributed by atoms with van der Waals surface area (Å²) >= 11 is 0. The maximum atomic E-state index is 4.63. The summed E-state index contributed by atoms with van der Waals surface area (Å²) in [5.74, 6) is 1.52. The van der Waals surface area contributed by atoms with Crippen LogP contribution in [0.3, 0.4) is 0 Å². The van der Waals surface area contributed by atoms with E-state index < -0.39 is 0 Å². The van der Waals surface area contributed by atoms with Crippen LogP contribution < -0.4 is 0 Å². The van der Waals surface area contributed by atoms with Gasteiger partial charge in [0, 0.05) is 11.1 Å². The second-order valence-electron chi connectivity index (χ2n) is 4.90. The van der Waals surface area contributed by atoms with Crippen molar-refractivity contribution in [3.8, 4) is 22.8 Å². The molecule has 0 saturated heterocycles. The first kappa shape index (κ1) is 15.0. The summed E-state index contributed by atoms with van der Waals surface area (Å²) in [5.41, 5.74) is 2.09. The van der Waals surface area contributed by atoms with E-state index in [-0.39, 0.29) is 0 Å². The summed E-state index contributed by atoms with van der Waals surface area (Å²) in [4.78, 5) is 4.63. The van der Waals surface area contributed by atoms with Gasteiger partial charge in [0.1, 0.15) is 0 Å². The van der Waals surface area contributed by atoms with Crippen LogP contribution >= 0.6 is 0 Å². The maximum absolute atomic E-state index is 4.63. The van der Waals surface area contributed by atoms with Gasteiger partial charge in [-0.1, -0.05) is 86.6 Å². The van der Waals surface area contributed by atoms with Gasteiger partial charge in [-0.15, -0.1) is 0 Å². The highest BCUT2D eigenvalue weighted by Gasteiger charge is 2.09. The van der Waals surface area contributed by atoms with Crippen LogP contribution in [0, 0.1) is 0 Å². The zero-order chi connectivity index (χ0) is 16.1. The second kappa shape index (κ2) is 6.88. The lowest BCUT2D eigenvalue weighted by molar-refractivity contribution is 1.10. The SMILES string of the molecule is CC.c1ccc(-c2n[nH]c(-c3cccc4ccccc34)n2)cc1. The minimum atomic E-state index is 0.721. The molecule has 0 bridgehead atoms. The van der Waals surface area contributed by atoms with Gasteiger partial charge in [-0.05, 0) is 10.8 Å². The number of aromatic nitrogens is 3. The van der Waals surface area contributed by atoms with Crippen LogP contribution in [-0.4, -0.2) is 15.2 Å². The van der Waals surface area contributed by atoms with E-state index in [1.54, 1.807) is 0 Å². The van der Waals surface area contributed by atoms with Crippen LogP contribution in [0.2, 0.25) is 0 Å². The smallest absolute Gasteiger partial charge is 0.181 e. The zero-order valence-electron chi connectivity index (χ0n) is 13.3. The van der Waals surface area contributed by atoms with E-state index in [9.17, 15) is 0 Å². The monoisotopic (exact) mass is 301 g/mol. The quantitative estimate of drug-likeness (QED) is 0.544. The van der Waals surface area contributed by atoms with E-state index in [0.29, 0.717) is 0 Å². The summed E-state index contributed by atoms with van der Waals surface area (Å²) in [7, 11) is 0. The molecular formula is C20H19N3. The van der Waals surface area contributed by atoms with Crippen molar-refractivity contribution in [2.24, 2.45) is 0 Å². The molecule has 3 aromatic carbocycles. The second-order valence-corrected chi connectivity index (χ2v) is 4.90. The van der Waals surface area contributed by atoms with Crippen molar-refractivity contribution >= 4 is 10.8 Å². The zero-order valence-corrected chi connectivity index (χ0v) is 13.3. The highest BCUT2D eigenvalue weighted by molar-refractivity contribution is 5.95. The number of benzene rings is 3. The summed E-state index contributed by atoms with van der Waals surface area (Å²) in [6.45, 7) is 4.00. The highest BCUT2D eigenvalue weighted by atomic mass is 15.2. The predicted octanol–water partition coefficient (Wildman–Crippen LogP) is 5.32. The van der Waals surface area contributed by atoms with Gasteiger partial charge in [0.2, 0.25) is 0 Å². The van der Waals surface area contributed by atoms with Gasteiger partial charge in [0.05, 0.1) is 0 Å². The fourth-order valence-electron chi connectivity index (χ4n) is 2.53. The van der Waals surface area contributed by atoms with Gasteiger partial charge in [-0.3, -0.25) is 5.10 Å². The van der Waals surface area contributed by atoms with Crippen LogP contribution in [0.5, 0.6) is 0 Å². The molecular weight excluding hydrogens is 282 g/mol. The average Bonchev–Trinajstić information content (AvgIpc) is 3.14. The van der Waals surface area contributed by atoms with E-state index in [2.05, 4.69) is 39.4 Å². The molecule has 1 aromatic heterocycles. The molecule has 23 heavy (non-hydrogen) atoms. The standard InChI is InChI=1S/C18H13N3.C2H6/c1-2-8-14(9-3-1)17-19-18(21-20-17)16-12-6-10-13-7-4-5-11-15(13)16;1-2/h1-12H,(H,19,20,21);1-2H3. The van der Waals surface area contributed by atoms with E-state index >= 15 is 0 Å². The first-order chi connectivity index (χ1) is 11.4. The molecule has 0 atom stereocenters. The molecule has 0 radical (unpaired) electrons. The predicted molar refractivity (Wildman–Crippen MR) is 96.1 cm³/mol. The Hall–Kier alpha value is -2.94. The molecule has 0 saturated carbocycles. The summed E-state index contributed by atoms with van der Waals surface area (Å²) in [6, 6.07) is 24.5. The van der Waals surface area contributed by atoms with E-state index in [1.165, 1.54) is 10.8 Å². The number of hydrogen-bond acceptors (Lipinski definition) is 2. The Balaban J connectivity index is 0.000000753. The van der Waals surface area contributed by atoms with Crippen molar-refractivity contribution in [2.45, 2.75) is 13.8 Å². The Morgan fingerprint density at radius 3 is 2.26 bits per heavy atom. The minimum Gasteiger partial charge on any atom is -0.259 e. The Morgan fingerprint density at radius 1 is 0.739 bits per heavy atom. The van der Waals surface area contributed by atoms with Crippen LogP contribution in [-0.2, 0) is 0 Å². The van der Waals surface area contributed by atoms with Gasteiger partial charge in [-0.25, -0.2) is 4.98 Å². The van der Waals surface area contributed by atoms with E-state index in [4.69, 9.17) is 0 Å². The Labute approximate surface area is 136 Å². The number of hydrogen-bond donors (Lipinski definition) is 1. The number of nitrogens with zero attached hydrogens (tertiary/aromatic N) is 2. The van der Waals surface area contributed by atoms with Gasteiger partial charge in [0.15, 0.2) is 11.6 Å². The maximum Gasteiger partial charge on any atom is 0.181 e. The first-order valence-corrected chi connectivity index (χ1v) is 7.88. The largest absolute Gasteiger partial charge is 0.259 e. The molecule has 0 unspecified atom stereocenters. The lowest BCUT2D eigenvalue weighted by Gasteiger charge is -2.02. The summed E-state index contributed by atoms with van der Waals surface area (Å²) < 4.78 is 0. The Kier molecular flexibility index (Phi) is 4.48. The number of H-pyrrole nitrogens is 1. The van der Waals surface area contributed by atoms with Crippen LogP contribution in [0.25, 0.3) is 33.5 Å². The van der Waals surface area contributed by atoms with Crippen LogP contribution in [0.4, 0.5) is 0 Å². The van der Waals surface area contributed by atoms with Crippen LogP contribution in [0.15, 0.2) is 72.8 Å². The van der Waals surface area contributed by atoms with E-state index in [0.717, 1.165) is 22.8 Å². The van der Waals surface area contributed by atoms with Crippen molar-refractivity contribution in [3.05, 3.63) is 72.8 Å². The van der Waals surface area contributed by atoms with Crippen molar-refractivity contribution in [1.29, 1.82) is 0 Å². The molecule has 3 nitrogen and oxygen atoms in total. The Bertz CT molecular complexity index is 890. The van der Waals surface area contributed by atoms with Crippen molar-refractivity contribution in [2.75, 3.05) is 0 Å². The molecule has 114 valence electrons. The minimum absolute atomic E-state index is 0.721.